The first-order valence-corrected chi connectivity index (χ1v) is 9.19. The smallest absolute Gasteiger partial charge is 0.245 e. The third-order valence-corrected chi connectivity index (χ3v) is 5.90. The highest BCUT2D eigenvalue weighted by Crippen LogP contribution is 2.27. The molecule has 1 saturated heterocycles. The summed E-state index contributed by atoms with van der Waals surface area (Å²) >= 11 is 0. The number of sulfonamides is 1. The minimum atomic E-state index is -3.55. The van der Waals surface area contributed by atoms with E-state index in [1.165, 1.54) is 4.31 Å². The number of hydrogen-bond donors (Lipinski definition) is 0. The minimum Gasteiger partial charge on any atom is -0.357 e. The summed E-state index contributed by atoms with van der Waals surface area (Å²) < 4.78 is 33.2. The Hall–Kier alpha value is -1.69. The Bertz CT molecular complexity index is 757. The van der Waals surface area contributed by atoms with Gasteiger partial charge in [-0.05, 0) is 31.5 Å². The molecule has 23 heavy (non-hydrogen) atoms. The van der Waals surface area contributed by atoms with Gasteiger partial charge in [-0.25, -0.2) is 8.42 Å². The van der Waals surface area contributed by atoms with Gasteiger partial charge >= 0.3 is 0 Å². The monoisotopic (exact) mass is 331 g/mol. The molecule has 0 amide bonds. The maximum Gasteiger partial charge on any atom is 0.245 e. The lowest BCUT2D eigenvalue weighted by molar-refractivity contribution is 0.0306. The van der Waals surface area contributed by atoms with Crippen molar-refractivity contribution in [2.24, 2.45) is 0 Å². The molecule has 2 aromatic rings. The minimum absolute atomic E-state index is 0.107. The molecule has 122 valence electrons. The van der Waals surface area contributed by atoms with Crippen molar-refractivity contribution in [2.45, 2.75) is 37.5 Å². The Balaban J connectivity index is 1.88. The van der Waals surface area contributed by atoms with Crippen LogP contribution in [0, 0.1) is 6.92 Å². The van der Waals surface area contributed by atoms with Gasteiger partial charge in [-0.1, -0.05) is 48.0 Å². The third-order valence-electron chi connectivity index (χ3n) is 4.03. The molecule has 0 radical (unpaired) electrons. The highest BCUT2D eigenvalue weighted by atomic mass is 32.2. The van der Waals surface area contributed by atoms with Gasteiger partial charge in [0.15, 0.2) is 0 Å². The van der Waals surface area contributed by atoms with Crippen LogP contribution in [-0.4, -0.2) is 31.6 Å². The van der Waals surface area contributed by atoms with Crippen molar-refractivity contribution in [3.05, 3.63) is 65.7 Å². The van der Waals surface area contributed by atoms with Crippen molar-refractivity contribution in [1.82, 2.24) is 4.31 Å². The molecule has 0 unspecified atom stereocenters. The molecule has 1 aliphatic rings. The third kappa shape index (κ3) is 3.47. The van der Waals surface area contributed by atoms with Crippen molar-refractivity contribution in [2.75, 3.05) is 6.54 Å². The molecule has 4 nitrogen and oxygen atoms in total. The van der Waals surface area contributed by atoms with Crippen LogP contribution in [0.3, 0.4) is 0 Å². The normalized spacial score (nSPS) is 22.3. The van der Waals surface area contributed by atoms with Crippen molar-refractivity contribution >= 4 is 10.0 Å². The first-order chi connectivity index (χ1) is 11.0. The molecule has 0 saturated carbocycles. The van der Waals surface area contributed by atoms with Crippen molar-refractivity contribution in [3.8, 4) is 0 Å². The number of rotatable bonds is 4. The maximum absolute atomic E-state index is 12.9. The largest absolute Gasteiger partial charge is 0.357 e. The van der Waals surface area contributed by atoms with Gasteiger partial charge in [-0.2, -0.15) is 4.31 Å². The van der Waals surface area contributed by atoms with E-state index in [9.17, 15) is 8.42 Å². The Kier molecular flexibility index (Phi) is 4.53. The van der Waals surface area contributed by atoms with Gasteiger partial charge in [0.2, 0.25) is 10.0 Å². The molecule has 0 spiro atoms. The summed E-state index contributed by atoms with van der Waals surface area (Å²) in [5.74, 6) is 0. The number of ether oxygens (including phenoxy) is 1. The predicted octanol–water partition coefficient (Wildman–Crippen LogP) is 2.97. The number of benzene rings is 2. The van der Waals surface area contributed by atoms with Gasteiger partial charge in [-0.3, -0.25) is 0 Å². The lowest BCUT2D eigenvalue weighted by atomic mass is 10.1. The molecule has 1 aliphatic heterocycles. The van der Waals surface area contributed by atoms with Gasteiger partial charge in [0.05, 0.1) is 11.0 Å². The number of nitrogens with zero attached hydrogens (tertiary/aromatic N) is 1. The van der Waals surface area contributed by atoms with E-state index < -0.39 is 16.3 Å². The second-order valence-corrected chi connectivity index (χ2v) is 7.87. The van der Waals surface area contributed by atoms with Gasteiger partial charge in [-0.15, -0.1) is 0 Å². The summed E-state index contributed by atoms with van der Waals surface area (Å²) in [6.07, 6.45) is -0.0151. The fourth-order valence-electron chi connectivity index (χ4n) is 2.81. The molecule has 0 bridgehead atoms. The highest BCUT2D eigenvalue weighted by Gasteiger charge is 2.39. The van der Waals surface area contributed by atoms with Crippen molar-refractivity contribution < 1.29 is 13.2 Å². The highest BCUT2D eigenvalue weighted by molar-refractivity contribution is 7.89. The zero-order valence-corrected chi connectivity index (χ0v) is 14.2. The van der Waals surface area contributed by atoms with Gasteiger partial charge in [0.25, 0.3) is 0 Å². The Morgan fingerprint density at radius 3 is 2.39 bits per heavy atom. The number of hydrogen-bond acceptors (Lipinski definition) is 3. The van der Waals surface area contributed by atoms with Crippen LogP contribution in [0.5, 0.6) is 0 Å². The van der Waals surface area contributed by atoms with E-state index in [2.05, 4.69) is 0 Å². The lowest BCUT2D eigenvalue weighted by Crippen LogP contribution is -2.37. The fourth-order valence-corrected chi connectivity index (χ4v) is 4.41. The van der Waals surface area contributed by atoms with Gasteiger partial charge in [0.1, 0.15) is 6.23 Å². The van der Waals surface area contributed by atoms with E-state index in [0.717, 1.165) is 11.1 Å². The maximum atomic E-state index is 12.9. The van der Waals surface area contributed by atoms with Crippen LogP contribution < -0.4 is 0 Å². The first kappa shape index (κ1) is 16.2. The van der Waals surface area contributed by atoms with Crippen LogP contribution in [0.4, 0.5) is 0 Å². The van der Waals surface area contributed by atoms with Crippen LogP contribution in [-0.2, 0) is 21.2 Å². The van der Waals surface area contributed by atoms with Crippen molar-refractivity contribution in [3.63, 3.8) is 0 Å². The van der Waals surface area contributed by atoms with Crippen LogP contribution >= 0.6 is 0 Å². The summed E-state index contributed by atoms with van der Waals surface area (Å²) in [7, 11) is -3.55. The predicted molar refractivity (Wildman–Crippen MR) is 89.6 cm³/mol. The Morgan fingerprint density at radius 2 is 1.74 bits per heavy atom. The van der Waals surface area contributed by atoms with Gasteiger partial charge in [0, 0.05) is 13.0 Å². The van der Waals surface area contributed by atoms with Crippen molar-refractivity contribution in [1.29, 1.82) is 0 Å². The average molecular weight is 331 g/mol. The zero-order chi connectivity index (χ0) is 16.4. The second kappa shape index (κ2) is 6.43. The van der Waals surface area contributed by atoms with E-state index in [1.807, 2.05) is 56.3 Å². The van der Waals surface area contributed by atoms with E-state index in [-0.39, 0.29) is 6.10 Å². The molecule has 0 N–H and O–H groups in total. The SMILES string of the molecule is Cc1ccc(S(=O)(=O)N2C[C@@H](C)O[C@@H]2Cc2ccccc2)cc1. The molecule has 0 aromatic heterocycles. The summed E-state index contributed by atoms with van der Waals surface area (Å²) in [5.41, 5.74) is 2.10. The molecular weight excluding hydrogens is 310 g/mol. The molecule has 2 atom stereocenters. The molecule has 1 fully saturated rings. The first-order valence-electron chi connectivity index (χ1n) is 7.75. The van der Waals surface area contributed by atoms with E-state index >= 15 is 0 Å². The van der Waals surface area contributed by atoms with E-state index in [1.54, 1.807) is 12.1 Å². The Morgan fingerprint density at radius 1 is 1.09 bits per heavy atom. The molecule has 3 rings (SSSR count). The standard InChI is InChI=1S/C18H21NO3S/c1-14-8-10-17(11-9-14)23(20,21)19-13-15(2)22-18(19)12-16-6-4-3-5-7-16/h3-11,15,18H,12-13H2,1-2H3/t15-,18-/m1/s1. The average Bonchev–Trinajstić information content (AvgIpc) is 2.90. The van der Waals surface area contributed by atoms with E-state index in [4.69, 9.17) is 4.74 Å². The summed E-state index contributed by atoms with van der Waals surface area (Å²) in [6, 6.07) is 16.8. The van der Waals surface area contributed by atoms with Crippen LogP contribution in [0.1, 0.15) is 18.1 Å². The van der Waals surface area contributed by atoms with Crippen LogP contribution in [0.15, 0.2) is 59.5 Å². The topological polar surface area (TPSA) is 46.6 Å². The summed E-state index contributed by atoms with van der Waals surface area (Å²) in [6.45, 7) is 4.23. The van der Waals surface area contributed by atoms with Crippen LogP contribution in [0.25, 0.3) is 0 Å². The summed E-state index contributed by atoms with van der Waals surface area (Å²) in [4.78, 5) is 0.318. The van der Waals surface area contributed by atoms with Crippen LogP contribution in [0.2, 0.25) is 0 Å². The molecule has 0 aliphatic carbocycles. The fraction of sp³-hybridized carbons (Fsp3) is 0.333. The zero-order valence-electron chi connectivity index (χ0n) is 13.3. The molecule has 2 aromatic carbocycles. The van der Waals surface area contributed by atoms with Gasteiger partial charge < -0.3 is 4.74 Å². The quantitative estimate of drug-likeness (QED) is 0.865. The Labute approximate surface area is 137 Å². The molecule has 5 heteroatoms. The summed E-state index contributed by atoms with van der Waals surface area (Å²) in [5, 5.41) is 0. The van der Waals surface area contributed by atoms with E-state index in [0.29, 0.717) is 17.9 Å². The molecular formula is C18H21NO3S. The molecule has 1 heterocycles. The second-order valence-electron chi connectivity index (χ2n) is 5.98. The lowest BCUT2D eigenvalue weighted by Gasteiger charge is -2.22. The number of aryl methyl sites for hydroxylation is 1.